The lowest BCUT2D eigenvalue weighted by atomic mass is 10.3. The fraction of sp³-hybridized carbons (Fsp3) is 0.667. The van der Waals surface area contributed by atoms with Gasteiger partial charge in [-0.25, -0.2) is 4.98 Å². The second-order valence-electron chi connectivity index (χ2n) is 3.05. The van der Waals surface area contributed by atoms with Crippen LogP contribution in [0.2, 0.25) is 0 Å². The lowest BCUT2D eigenvalue weighted by Crippen LogP contribution is -2.10. The molecule has 0 aromatic carbocycles. The molecule has 0 bridgehead atoms. The normalized spacial score (nSPS) is 12.5. The van der Waals surface area contributed by atoms with E-state index in [4.69, 9.17) is 4.74 Å². The molecule has 0 aliphatic heterocycles. The summed E-state index contributed by atoms with van der Waals surface area (Å²) in [6, 6.07) is 0. The molecule has 6 heteroatoms. The van der Waals surface area contributed by atoms with Gasteiger partial charge in [-0.2, -0.15) is 4.37 Å². The summed E-state index contributed by atoms with van der Waals surface area (Å²) in [5.74, 6) is 0.629. The van der Waals surface area contributed by atoms with E-state index in [2.05, 4.69) is 9.36 Å². The molecule has 0 amide bonds. The van der Waals surface area contributed by atoms with Crippen LogP contribution < -0.4 is 0 Å². The number of rotatable bonds is 5. The van der Waals surface area contributed by atoms with Crippen molar-refractivity contribution in [2.24, 2.45) is 0 Å². The number of thioether (sulfide) groups is 1. The highest BCUT2D eigenvalue weighted by molar-refractivity contribution is 8.01. The number of esters is 1. The zero-order valence-corrected chi connectivity index (χ0v) is 10.7. The van der Waals surface area contributed by atoms with Gasteiger partial charge in [0.05, 0.1) is 13.0 Å². The largest absolute Gasteiger partial charge is 0.466 e. The molecule has 0 saturated heterocycles. The predicted octanol–water partition coefficient (Wildman–Crippen LogP) is 2.28. The number of carbonyl (C=O) groups excluding carboxylic acids is 1. The highest BCUT2D eigenvalue weighted by atomic mass is 32.2. The Morgan fingerprint density at radius 1 is 1.67 bits per heavy atom. The third-order valence-electron chi connectivity index (χ3n) is 1.57. The molecule has 0 aliphatic rings. The molecule has 0 fully saturated rings. The maximum absolute atomic E-state index is 11.2. The van der Waals surface area contributed by atoms with E-state index in [0.29, 0.717) is 13.0 Å². The van der Waals surface area contributed by atoms with Crippen molar-refractivity contribution < 1.29 is 9.53 Å². The fourth-order valence-electron chi connectivity index (χ4n) is 0.994. The van der Waals surface area contributed by atoms with Gasteiger partial charge < -0.3 is 4.74 Å². The summed E-state index contributed by atoms with van der Waals surface area (Å²) in [4.78, 5) is 15.4. The predicted molar refractivity (Wildman–Crippen MR) is 61.2 cm³/mol. The zero-order chi connectivity index (χ0) is 11.3. The van der Waals surface area contributed by atoms with Gasteiger partial charge in [-0.1, -0.05) is 18.7 Å². The second-order valence-corrected chi connectivity index (χ2v) is 5.48. The Hall–Kier alpha value is -0.620. The fourth-order valence-corrected chi connectivity index (χ4v) is 2.94. The molecule has 0 aliphatic carbocycles. The van der Waals surface area contributed by atoms with E-state index in [1.165, 1.54) is 11.5 Å². The summed E-state index contributed by atoms with van der Waals surface area (Å²) in [6.07, 6.45) is 0.414. The van der Waals surface area contributed by atoms with Crippen LogP contribution in [0.3, 0.4) is 0 Å². The quantitative estimate of drug-likeness (QED) is 0.589. The maximum atomic E-state index is 11.2. The zero-order valence-electron chi connectivity index (χ0n) is 9.02. The highest BCUT2D eigenvalue weighted by Crippen LogP contribution is 2.26. The van der Waals surface area contributed by atoms with Crippen molar-refractivity contribution in [3.05, 3.63) is 5.82 Å². The number of aromatic nitrogens is 2. The van der Waals surface area contributed by atoms with Crippen molar-refractivity contribution in [3.8, 4) is 0 Å². The first-order valence-corrected chi connectivity index (χ1v) is 6.39. The van der Waals surface area contributed by atoms with Gasteiger partial charge in [0.2, 0.25) is 0 Å². The van der Waals surface area contributed by atoms with Crippen LogP contribution in [-0.4, -0.2) is 27.2 Å². The van der Waals surface area contributed by atoms with Gasteiger partial charge in [-0.15, -0.1) is 0 Å². The Balaban J connectivity index is 2.35. The summed E-state index contributed by atoms with van der Waals surface area (Å²) < 4.78 is 9.86. The maximum Gasteiger partial charge on any atom is 0.306 e. The molecule has 0 spiro atoms. The molecule has 84 valence electrons. The Kier molecular flexibility index (Phi) is 5.04. The molecule has 4 nitrogen and oxygen atoms in total. The molecule has 1 aromatic rings. The molecule has 0 radical (unpaired) electrons. The van der Waals surface area contributed by atoms with Crippen LogP contribution in [0.1, 0.15) is 26.1 Å². The molecule has 1 atom stereocenters. The highest BCUT2D eigenvalue weighted by Gasteiger charge is 2.13. The van der Waals surface area contributed by atoms with E-state index < -0.39 is 0 Å². The van der Waals surface area contributed by atoms with Crippen LogP contribution in [0.4, 0.5) is 0 Å². The first-order valence-electron chi connectivity index (χ1n) is 4.74. The van der Waals surface area contributed by atoms with Crippen LogP contribution in [0, 0.1) is 6.92 Å². The molecule has 1 rings (SSSR count). The minimum Gasteiger partial charge on any atom is -0.466 e. The van der Waals surface area contributed by atoms with Crippen molar-refractivity contribution in [1.82, 2.24) is 9.36 Å². The first-order chi connectivity index (χ1) is 7.11. The number of hydrogen-bond acceptors (Lipinski definition) is 6. The second kappa shape index (κ2) is 6.07. The molecule has 15 heavy (non-hydrogen) atoms. The summed E-state index contributed by atoms with van der Waals surface area (Å²) in [5, 5.41) is 0.177. The van der Waals surface area contributed by atoms with Crippen molar-refractivity contribution in [1.29, 1.82) is 0 Å². The van der Waals surface area contributed by atoms with Gasteiger partial charge in [-0.05, 0) is 25.4 Å². The van der Waals surface area contributed by atoms with Crippen molar-refractivity contribution in [3.63, 3.8) is 0 Å². The summed E-state index contributed by atoms with van der Waals surface area (Å²) >= 11 is 2.93. The molecule has 1 heterocycles. The number of aryl methyl sites for hydroxylation is 1. The number of ether oxygens (including phenoxy) is 1. The average Bonchev–Trinajstić information content (AvgIpc) is 2.51. The van der Waals surface area contributed by atoms with E-state index in [0.717, 1.165) is 10.2 Å². The minimum absolute atomic E-state index is 0.154. The van der Waals surface area contributed by atoms with Crippen molar-refractivity contribution in [2.45, 2.75) is 36.8 Å². The molecule has 1 aromatic heterocycles. The third kappa shape index (κ3) is 4.61. The Morgan fingerprint density at radius 3 is 2.93 bits per heavy atom. The van der Waals surface area contributed by atoms with E-state index in [1.54, 1.807) is 11.8 Å². The minimum atomic E-state index is -0.154. The standard InChI is InChI=1S/C9H14N2O2S2/c1-4-13-8(12)5-6(2)14-9-10-7(3)11-15-9/h6H,4-5H2,1-3H3. The van der Waals surface area contributed by atoms with Gasteiger partial charge in [0, 0.05) is 5.25 Å². The summed E-state index contributed by atoms with van der Waals surface area (Å²) in [6.45, 7) is 6.09. The lowest BCUT2D eigenvalue weighted by Gasteiger charge is -2.07. The lowest BCUT2D eigenvalue weighted by molar-refractivity contribution is -0.142. The molecule has 1 unspecified atom stereocenters. The molecule has 0 N–H and O–H groups in total. The molecular weight excluding hydrogens is 232 g/mol. The van der Waals surface area contributed by atoms with Crippen LogP contribution in [0.15, 0.2) is 4.34 Å². The molecule has 0 saturated carbocycles. The SMILES string of the molecule is CCOC(=O)CC(C)Sc1nc(C)ns1. The number of carbonyl (C=O) groups is 1. The van der Waals surface area contributed by atoms with Crippen LogP contribution in [-0.2, 0) is 9.53 Å². The van der Waals surface area contributed by atoms with Crippen LogP contribution >= 0.6 is 23.3 Å². The Labute approximate surface area is 97.6 Å². The monoisotopic (exact) mass is 246 g/mol. The molecular formula is C9H14N2O2S2. The van der Waals surface area contributed by atoms with Gasteiger partial charge in [-0.3, -0.25) is 4.79 Å². The van der Waals surface area contributed by atoms with Crippen LogP contribution in [0.5, 0.6) is 0 Å². The third-order valence-corrected chi connectivity index (χ3v) is 3.55. The Morgan fingerprint density at radius 2 is 2.40 bits per heavy atom. The van der Waals surface area contributed by atoms with Gasteiger partial charge in [0.25, 0.3) is 0 Å². The number of hydrogen-bond donors (Lipinski definition) is 0. The van der Waals surface area contributed by atoms with E-state index >= 15 is 0 Å². The van der Waals surface area contributed by atoms with Crippen molar-refractivity contribution in [2.75, 3.05) is 6.61 Å². The average molecular weight is 246 g/mol. The van der Waals surface area contributed by atoms with Crippen molar-refractivity contribution >= 4 is 29.3 Å². The first kappa shape index (κ1) is 12.4. The Bertz CT molecular complexity index is 328. The summed E-state index contributed by atoms with van der Waals surface area (Å²) in [5.41, 5.74) is 0. The van der Waals surface area contributed by atoms with Gasteiger partial charge in [0.15, 0.2) is 4.34 Å². The van der Waals surface area contributed by atoms with E-state index in [9.17, 15) is 4.79 Å². The smallest absolute Gasteiger partial charge is 0.306 e. The topological polar surface area (TPSA) is 52.1 Å². The van der Waals surface area contributed by atoms with Gasteiger partial charge in [0.1, 0.15) is 5.82 Å². The van der Waals surface area contributed by atoms with E-state index in [-0.39, 0.29) is 11.2 Å². The summed E-state index contributed by atoms with van der Waals surface area (Å²) in [7, 11) is 0. The van der Waals surface area contributed by atoms with Crippen LogP contribution in [0.25, 0.3) is 0 Å². The van der Waals surface area contributed by atoms with Gasteiger partial charge >= 0.3 is 5.97 Å². The number of nitrogens with zero attached hydrogens (tertiary/aromatic N) is 2. The van der Waals surface area contributed by atoms with E-state index in [1.807, 2.05) is 20.8 Å².